The van der Waals surface area contributed by atoms with Gasteiger partial charge in [-0.25, -0.2) is 4.39 Å². The van der Waals surface area contributed by atoms with Crippen molar-refractivity contribution in [1.29, 1.82) is 0 Å². The van der Waals surface area contributed by atoms with Crippen molar-refractivity contribution in [3.8, 4) is 0 Å². The number of thioether (sulfide) groups is 1. The second-order valence-electron chi connectivity index (χ2n) is 6.74. The molecule has 0 saturated carbocycles. The lowest BCUT2D eigenvalue weighted by Crippen LogP contribution is -2.36. The van der Waals surface area contributed by atoms with E-state index in [1.54, 1.807) is 22.7 Å². The van der Waals surface area contributed by atoms with Crippen molar-refractivity contribution >= 4 is 45.2 Å². The number of para-hydroxylation sites is 1. The summed E-state index contributed by atoms with van der Waals surface area (Å²) in [6, 6.07) is 12.0. The number of carbonyl (C=O) groups excluding carboxylic acids is 2. The van der Waals surface area contributed by atoms with Gasteiger partial charge in [0.05, 0.1) is 17.6 Å². The molecule has 140 valence electrons. The van der Waals surface area contributed by atoms with E-state index in [1.807, 2.05) is 24.3 Å². The molecule has 2 amide bonds. The summed E-state index contributed by atoms with van der Waals surface area (Å²) in [6.45, 7) is 0.352. The standard InChI is InChI=1S/C20H18BrFN2O2S/c21-15-3-1-2-4-17(15)24-11-12(9-19(24)25)20(26)23-16-7-8-27-18-6-5-13(22)10-14(16)18/h1-6,10,12,16H,7-9,11H2,(H,23,26)/t12-,16-/m1/s1. The van der Waals surface area contributed by atoms with Gasteiger partial charge >= 0.3 is 0 Å². The fraction of sp³-hybridized carbons (Fsp3) is 0.300. The Bertz CT molecular complexity index is 907. The normalized spacial score (nSPS) is 21.9. The number of amides is 2. The van der Waals surface area contributed by atoms with E-state index in [1.165, 1.54) is 12.1 Å². The minimum absolute atomic E-state index is 0.0623. The Labute approximate surface area is 169 Å². The highest BCUT2D eigenvalue weighted by Gasteiger charge is 2.37. The third-order valence-corrected chi connectivity index (χ3v) is 6.76. The van der Waals surface area contributed by atoms with Crippen LogP contribution in [0.2, 0.25) is 0 Å². The zero-order valence-electron chi connectivity index (χ0n) is 14.5. The number of nitrogens with one attached hydrogen (secondary N) is 1. The smallest absolute Gasteiger partial charge is 0.227 e. The summed E-state index contributed by atoms with van der Waals surface area (Å²) in [6.07, 6.45) is 0.937. The molecule has 0 bridgehead atoms. The Balaban J connectivity index is 1.48. The maximum absolute atomic E-state index is 13.7. The molecule has 27 heavy (non-hydrogen) atoms. The molecule has 0 aliphatic carbocycles. The summed E-state index contributed by atoms with van der Waals surface area (Å²) in [5.74, 6) is -0.0449. The minimum Gasteiger partial charge on any atom is -0.349 e. The summed E-state index contributed by atoms with van der Waals surface area (Å²) >= 11 is 5.14. The molecule has 1 N–H and O–H groups in total. The lowest BCUT2D eigenvalue weighted by atomic mass is 10.0. The van der Waals surface area contributed by atoms with Gasteiger partial charge in [-0.2, -0.15) is 0 Å². The zero-order valence-corrected chi connectivity index (χ0v) is 16.9. The topological polar surface area (TPSA) is 49.4 Å². The zero-order chi connectivity index (χ0) is 19.0. The number of hydrogen-bond donors (Lipinski definition) is 1. The van der Waals surface area contributed by atoms with E-state index in [4.69, 9.17) is 0 Å². The molecule has 4 rings (SSSR count). The summed E-state index contributed by atoms with van der Waals surface area (Å²) < 4.78 is 14.5. The molecule has 2 aliphatic heterocycles. The molecule has 2 aromatic rings. The lowest BCUT2D eigenvalue weighted by Gasteiger charge is -2.27. The van der Waals surface area contributed by atoms with E-state index in [2.05, 4.69) is 21.2 Å². The van der Waals surface area contributed by atoms with Crippen molar-refractivity contribution in [2.24, 2.45) is 5.92 Å². The first kappa shape index (κ1) is 18.5. The quantitative estimate of drug-likeness (QED) is 0.761. The number of carbonyl (C=O) groups is 2. The predicted molar refractivity (Wildman–Crippen MR) is 107 cm³/mol. The molecule has 0 unspecified atom stereocenters. The summed E-state index contributed by atoms with van der Waals surface area (Å²) in [4.78, 5) is 27.9. The molecule has 2 atom stereocenters. The second kappa shape index (κ2) is 7.64. The average molecular weight is 449 g/mol. The first-order valence-electron chi connectivity index (χ1n) is 8.80. The number of nitrogens with zero attached hydrogens (tertiary/aromatic N) is 1. The van der Waals surface area contributed by atoms with Gasteiger partial charge in [0.2, 0.25) is 11.8 Å². The molecule has 0 radical (unpaired) electrons. The van der Waals surface area contributed by atoms with E-state index >= 15 is 0 Å². The van der Waals surface area contributed by atoms with E-state index in [0.717, 1.165) is 32.8 Å². The van der Waals surface area contributed by atoms with Gasteiger partial charge in [0.25, 0.3) is 0 Å². The highest BCUT2D eigenvalue weighted by atomic mass is 79.9. The Morgan fingerprint density at radius 1 is 1.26 bits per heavy atom. The summed E-state index contributed by atoms with van der Waals surface area (Å²) in [7, 11) is 0. The van der Waals surface area contributed by atoms with Crippen LogP contribution in [0.5, 0.6) is 0 Å². The number of halogens is 2. The van der Waals surface area contributed by atoms with Crippen molar-refractivity contribution in [2.75, 3.05) is 17.2 Å². The van der Waals surface area contributed by atoms with Gasteiger partial charge < -0.3 is 10.2 Å². The highest BCUT2D eigenvalue weighted by Crippen LogP contribution is 2.37. The first-order valence-corrected chi connectivity index (χ1v) is 10.6. The molecule has 7 heteroatoms. The molecule has 1 fully saturated rings. The largest absolute Gasteiger partial charge is 0.349 e. The van der Waals surface area contributed by atoms with Crippen LogP contribution in [0.15, 0.2) is 51.8 Å². The molecule has 0 aromatic heterocycles. The van der Waals surface area contributed by atoms with Crippen LogP contribution in [0.3, 0.4) is 0 Å². The number of rotatable bonds is 3. The maximum Gasteiger partial charge on any atom is 0.227 e. The Hall–Kier alpha value is -1.86. The number of anilines is 1. The van der Waals surface area contributed by atoms with Gasteiger partial charge in [-0.1, -0.05) is 12.1 Å². The van der Waals surface area contributed by atoms with Gasteiger partial charge in [-0.15, -0.1) is 11.8 Å². The average Bonchev–Trinajstić information content (AvgIpc) is 3.04. The van der Waals surface area contributed by atoms with E-state index in [-0.39, 0.29) is 30.1 Å². The van der Waals surface area contributed by atoms with Crippen molar-refractivity contribution in [3.05, 3.63) is 58.3 Å². The molecule has 0 spiro atoms. The van der Waals surface area contributed by atoms with E-state index < -0.39 is 5.92 Å². The minimum atomic E-state index is -0.406. The van der Waals surface area contributed by atoms with Crippen molar-refractivity contribution in [3.63, 3.8) is 0 Å². The number of fused-ring (bicyclic) bond motifs is 1. The van der Waals surface area contributed by atoms with Crippen LogP contribution in [0.1, 0.15) is 24.4 Å². The third-order valence-electron chi connectivity index (χ3n) is 4.97. The second-order valence-corrected chi connectivity index (χ2v) is 8.73. The Kier molecular flexibility index (Phi) is 5.23. The third kappa shape index (κ3) is 3.75. The molecule has 2 heterocycles. The van der Waals surface area contributed by atoms with Crippen LogP contribution in [-0.2, 0) is 9.59 Å². The van der Waals surface area contributed by atoms with Gasteiger partial charge in [-0.3, -0.25) is 9.59 Å². The predicted octanol–water partition coefficient (Wildman–Crippen LogP) is 4.29. The number of hydrogen-bond acceptors (Lipinski definition) is 3. The lowest BCUT2D eigenvalue weighted by molar-refractivity contribution is -0.127. The van der Waals surface area contributed by atoms with Crippen molar-refractivity contribution in [1.82, 2.24) is 5.32 Å². The van der Waals surface area contributed by atoms with Gasteiger partial charge in [-0.05, 0) is 58.2 Å². The van der Waals surface area contributed by atoms with Crippen molar-refractivity contribution in [2.45, 2.75) is 23.8 Å². The van der Waals surface area contributed by atoms with Gasteiger partial charge in [0.15, 0.2) is 0 Å². The molecular formula is C20H18BrFN2O2S. The van der Waals surface area contributed by atoms with Crippen LogP contribution < -0.4 is 10.2 Å². The summed E-state index contributed by atoms with van der Waals surface area (Å²) in [5, 5.41) is 3.04. The van der Waals surface area contributed by atoms with E-state index in [0.29, 0.717) is 6.54 Å². The summed E-state index contributed by atoms with van der Waals surface area (Å²) in [5.41, 5.74) is 1.60. The van der Waals surface area contributed by atoms with Crippen LogP contribution >= 0.6 is 27.7 Å². The fourth-order valence-corrected chi connectivity index (χ4v) is 5.20. The molecule has 2 aromatic carbocycles. The maximum atomic E-state index is 13.7. The SMILES string of the molecule is O=C(N[C@@H]1CCSc2ccc(F)cc21)[C@@H]1CC(=O)N(c2ccccc2Br)C1. The van der Waals surface area contributed by atoms with Crippen LogP contribution in [0.4, 0.5) is 10.1 Å². The first-order chi connectivity index (χ1) is 13.0. The molecule has 1 saturated heterocycles. The molecule has 2 aliphatic rings. The van der Waals surface area contributed by atoms with Crippen LogP contribution in [0, 0.1) is 11.7 Å². The molecule has 4 nitrogen and oxygen atoms in total. The monoisotopic (exact) mass is 448 g/mol. The van der Waals surface area contributed by atoms with Gasteiger partial charge in [0, 0.05) is 28.1 Å². The van der Waals surface area contributed by atoms with Crippen molar-refractivity contribution < 1.29 is 14.0 Å². The fourth-order valence-electron chi connectivity index (χ4n) is 3.59. The Morgan fingerprint density at radius 3 is 2.89 bits per heavy atom. The van der Waals surface area contributed by atoms with Crippen LogP contribution in [0.25, 0.3) is 0 Å². The van der Waals surface area contributed by atoms with Crippen LogP contribution in [-0.4, -0.2) is 24.1 Å². The van der Waals surface area contributed by atoms with Gasteiger partial charge in [0.1, 0.15) is 5.82 Å². The Morgan fingerprint density at radius 2 is 2.07 bits per heavy atom. The highest BCUT2D eigenvalue weighted by molar-refractivity contribution is 9.10. The number of benzene rings is 2. The molecular weight excluding hydrogens is 431 g/mol. The van der Waals surface area contributed by atoms with E-state index in [9.17, 15) is 14.0 Å².